The van der Waals surface area contributed by atoms with Crippen LogP contribution in [0.4, 0.5) is 20.3 Å². The van der Waals surface area contributed by atoms with Crippen molar-refractivity contribution in [1.29, 1.82) is 5.26 Å². The number of nitriles is 1. The number of thiophene rings is 1. The molecule has 0 aromatic carbocycles. The zero-order chi connectivity index (χ0) is 13.0. The van der Waals surface area contributed by atoms with Gasteiger partial charge in [0.05, 0.1) is 9.90 Å². The molecule has 0 aliphatic heterocycles. The minimum absolute atomic E-state index is 0.0308. The summed E-state index contributed by atoms with van der Waals surface area (Å²) in [5, 5.41) is 30.3. The summed E-state index contributed by atoms with van der Waals surface area (Å²) in [5.74, 6) is 0. The normalized spacial score (nSPS) is 9.41. The summed E-state index contributed by atoms with van der Waals surface area (Å²) < 4.78 is 0.542. The number of nitrogens with zero attached hydrogens (tertiary/aromatic N) is 1. The van der Waals surface area contributed by atoms with Gasteiger partial charge in [-0.1, -0.05) is 0 Å². The Labute approximate surface area is 104 Å². The molecule has 0 bridgehead atoms. The van der Waals surface area contributed by atoms with Crippen LogP contribution in [0.2, 0.25) is 0 Å². The van der Waals surface area contributed by atoms with Crippen LogP contribution < -0.4 is 10.6 Å². The van der Waals surface area contributed by atoms with E-state index in [-0.39, 0.29) is 16.3 Å². The van der Waals surface area contributed by atoms with Gasteiger partial charge in [0.1, 0.15) is 16.6 Å². The van der Waals surface area contributed by atoms with Crippen molar-refractivity contribution in [3.8, 4) is 6.07 Å². The average Bonchev–Trinajstić information content (AvgIpc) is 2.54. The molecule has 9 heteroatoms. The van der Waals surface area contributed by atoms with E-state index in [4.69, 9.17) is 15.5 Å². The van der Waals surface area contributed by atoms with Crippen LogP contribution in [0.5, 0.6) is 0 Å². The summed E-state index contributed by atoms with van der Waals surface area (Å²) in [4.78, 5) is 21.1. The van der Waals surface area contributed by atoms with E-state index in [0.717, 1.165) is 11.3 Å². The Balaban J connectivity index is 3.27. The van der Waals surface area contributed by atoms with Crippen molar-refractivity contribution in [2.24, 2.45) is 0 Å². The van der Waals surface area contributed by atoms with Gasteiger partial charge in [0.25, 0.3) is 0 Å². The average molecular weight is 273 g/mol. The second-order valence-electron chi connectivity index (χ2n) is 2.64. The highest BCUT2D eigenvalue weighted by Gasteiger charge is 2.20. The first-order valence-corrected chi connectivity index (χ1v) is 6.14. The molecule has 0 saturated carbocycles. The molecule has 0 aliphatic carbocycles. The SMILES string of the molecule is CSc1sc(NC(=O)O)c(NC(=O)O)c1C#N. The number of amides is 2. The second kappa shape index (κ2) is 5.42. The first-order chi connectivity index (χ1) is 7.99. The summed E-state index contributed by atoms with van der Waals surface area (Å²) in [6, 6.07) is 1.84. The third kappa shape index (κ3) is 3.02. The number of rotatable bonds is 3. The van der Waals surface area contributed by atoms with Gasteiger partial charge < -0.3 is 10.2 Å². The number of hydrogen-bond donors (Lipinski definition) is 4. The first-order valence-electron chi connectivity index (χ1n) is 4.10. The third-order valence-corrected chi connectivity index (χ3v) is 3.85. The Bertz CT molecular complexity index is 506. The lowest BCUT2D eigenvalue weighted by Crippen LogP contribution is -2.12. The monoisotopic (exact) mass is 273 g/mol. The second-order valence-corrected chi connectivity index (χ2v) is 4.74. The Morgan fingerprint density at radius 2 is 1.94 bits per heavy atom. The molecular weight excluding hydrogens is 266 g/mol. The molecule has 0 spiro atoms. The summed E-state index contributed by atoms with van der Waals surface area (Å²) in [7, 11) is 0. The minimum Gasteiger partial charge on any atom is -0.465 e. The molecule has 1 aromatic rings. The lowest BCUT2D eigenvalue weighted by atomic mass is 10.3. The number of thioether (sulfide) groups is 1. The van der Waals surface area contributed by atoms with Crippen LogP contribution in [0.15, 0.2) is 4.21 Å². The molecule has 0 radical (unpaired) electrons. The molecule has 0 atom stereocenters. The van der Waals surface area contributed by atoms with Crippen LogP contribution in [-0.2, 0) is 0 Å². The molecule has 2 amide bonds. The van der Waals surface area contributed by atoms with E-state index in [1.54, 1.807) is 6.26 Å². The van der Waals surface area contributed by atoms with E-state index >= 15 is 0 Å². The fraction of sp³-hybridized carbons (Fsp3) is 0.125. The zero-order valence-corrected chi connectivity index (χ0v) is 10.1. The van der Waals surface area contributed by atoms with Crippen molar-refractivity contribution in [2.45, 2.75) is 4.21 Å². The summed E-state index contributed by atoms with van der Waals surface area (Å²) in [6.45, 7) is 0. The van der Waals surface area contributed by atoms with Crippen LogP contribution in [0.1, 0.15) is 5.56 Å². The van der Waals surface area contributed by atoms with E-state index in [1.165, 1.54) is 11.8 Å². The zero-order valence-electron chi connectivity index (χ0n) is 8.47. The molecule has 0 unspecified atom stereocenters. The number of anilines is 2. The predicted octanol–water partition coefficient (Wildman–Crippen LogP) is 2.52. The van der Waals surface area contributed by atoms with Crippen LogP contribution in [-0.4, -0.2) is 28.7 Å². The van der Waals surface area contributed by atoms with E-state index in [2.05, 4.69) is 5.32 Å². The highest BCUT2D eigenvalue weighted by Crippen LogP contribution is 2.42. The van der Waals surface area contributed by atoms with Crippen molar-refractivity contribution >= 4 is 46.0 Å². The quantitative estimate of drug-likeness (QED) is 0.627. The van der Waals surface area contributed by atoms with Crippen LogP contribution >= 0.6 is 23.1 Å². The topological polar surface area (TPSA) is 122 Å². The molecular formula is C8H7N3O4S2. The van der Waals surface area contributed by atoms with E-state index < -0.39 is 12.2 Å². The maximum absolute atomic E-state index is 10.6. The number of carboxylic acid groups (broad SMARTS) is 2. The maximum Gasteiger partial charge on any atom is 0.409 e. The van der Waals surface area contributed by atoms with Gasteiger partial charge in [-0.25, -0.2) is 9.59 Å². The van der Waals surface area contributed by atoms with E-state index in [1.807, 2.05) is 11.4 Å². The lowest BCUT2D eigenvalue weighted by Gasteiger charge is -2.02. The standard InChI is InChI=1S/C8H7N3O4S2/c1-16-6-3(2-9)4(10-7(12)13)5(17-6)11-8(14)15/h10-11H,1H3,(H,12,13)(H,14,15). The minimum atomic E-state index is -1.36. The van der Waals surface area contributed by atoms with Crippen molar-refractivity contribution < 1.29 is 19.8 Å². The molecule has 1 rings (SSSR count). The van der Waals surface area contributed by atoms with Gasteiger partial charge in [-0.3, -0.25) is 10.6 Å². The van der Waals surface area contributed by atoms with Crippen LogP contribution in [0.25, 0.3) is 0 Å². The van der Waals surface area contributed by atoms with Crippen molar-refractivity contribution in [3.63, 3.8) is 0 Å². The molecule has 0 saturated heterocycles. The van der Waals surface area contributed by atoms with Gasteiger partial charge in [-0.2, -0.15) is 5.26 Å². The third-order valence-electron chi connectivity index (χ3n) is 1.63. The van der Waals surface area contributed by atoms with Crippen LogP contribution in [0.3, 0.4) is 0 Å². The van der Waals surface area contributed by atoms with Gasteiger partial charge in [0.2, 0.25) is 0 Å². The molecule has 7 nitrogen and oxygen atoms in total. The summed E-state index contributed by atoms with van der Waals surface area (Å²) >= 11 is 2.24. The van der Waals surface area contributed by atoms with Crippen molar-refractivity contribution in [2.75, 3.05) is 16.9 Å². The van der Waals surface area contributed by atoms with Gasteiger partial charge in [-0.05, 0) is 6.26 Å². The molecule has 1 aromatic heterocycles. The smallest absolute Gasteiger partial charge is 0.409 e. The van der Waals surface area contributed by atoms with Gasteiger partial charge in [-0.15, -0.1) is 23.1 Å². The molecule has 0 aliphatic rings. The van der Waals surface area contributed by atoms with Crippen LogP contribution in [0, 0.1) is 11.3 Å². The molecule has 17 heavy (non-hydrogen) atoms. The highest BCUT2D eigenvalue weighted by atomic mass is 32.2. The number of nitrogens with one attached hydrogen (secondary N) is 2. The Hall–Kier alpha value is -1.92. The van der Waals surface area contributed by atoms with Gasteiger partial charge >= 0.3 is 12.2 Å². The fourth-order valence-corrected chi connectivity index (χ4v) is 2.83. The number of carbonyl (C=O) groups is 2. The first kappa shape index (κ1) is 13.1. The van der Waals surface area contributed by atoms with Crippen molar-refractivity contribution in [1.82, 2.24) is 0 Å². The Morgan fingerprint density at radius 1 is 1.35 bits per heavy atom. The molecule has 90 valence electrons. The molecule has 4 N–H and O–H groups in total. The van der Waals surface area contributed by atoms with Crippen molar-refractivity contribution in [3.05, 3.63) is 5.56 Å². The molecule has 0 fully saturated rings. The predicted molar refractivity (Wildman–Crippen MR) is 64.1 cm³/mol. The maximum atomic E-state index is 10.6. The fourth-order valence-electron chi connectivity index (χ4n) is 1.07. The summed E-state index contributed by atoms with van der Waals surface area (Å²) in [5.41, 5.74) is 0.0883. The largest absolute Gasteiger partial charge is 0.465 e. The van der Waals surface area contributed by atoms with E-state index in [9.17, 15) is 9.59 Å². The molecule has 1 heterocycles. The Kier molecular flexibility index (Phi) is 4.19. The van der Waals surface area contributed by atoms with Gasteiger partial charge in [0.15, 0.2) is 0 Å². The lowest BCUT2D eigenvalue weighted by molar-refractivity contribution is 0.208. The summed E-state index contributed by atoms with van der Waals surface area (Å²) in [6.07, 6.45) is -0.973. The highest BCUT2D eigenvalue weighted by molar-refractivity contribution is 8.00. The van der Waals surface area contributed by atoms with E-state index in [0.29, 0.717) is 4.21 Å². The number of hydrogen-bond acceptors (Lipinski definition) is 5. The Morgan fingerprint density at radius 3 is 2.35 bits per heavy atom. The van der Waals surface area contributed by atoms with Gasteiger partial charge in [0, 0.05) is 0 Å².